The number of methoxy groups -OCH3 is 1. The van der Waals surface area contributed by atoms with Crippen LogP contribution < -0.4 is 5.73 Å². The van der Waals surface area contributed by atoms with Crippen molar-refractivity contribution in [1.29, 1.82) is 0 Å². The molecule has 1 saturated carbocycles. The van der Waals surface area contributed by atoms with Crippen LogP contribution in [-0.2, 0) is 11.2 Å². The zero-order chi connectivity index (χ0) is 13.7. The number of rotatable bonds is 4. The van der Waals surface area contributed by atoms with Gasteiger partial charge in [-0.1, -0.05) is 49.9 Å². The molecule has 2 N–H and O–H groups in total. The zero-order valence-electron chi connectivity index (χ0n) is 12.3. The minimum Gasteiger partial charge on any atom is -0.377 e. The second-order valence-corrected chi connectivity index (χ2v) is 5.92. The largest absolute Gasteiger partial charge is 0.377 e. The lowest BCUT2D eigenvalue weighted by molar-refractivity contribution is -0.0430. The number of hydrogen-bond acceptors (Lipinski definition) is 2. The van der Waals surface area contributed by atoms with Gasteiger partial charge in [-0.2, -0.15) is 0 Å². The second kappa shape index (κ2) is 6.53. The molecule has 1 unspecified atom stereocenters. The molecule has 0 radical (unpaired) electrons. The molecular weight excluding hydrogens is 234 g/mol. The molecule has 0 bridgehead atoms. The van der Waals surface area contributed by atoms with E-state index in [4.69, 9.17) is 10.5 Å². The normalized spacial score (nSPS) is 20.8. The van der Waals surface area contributed by atoms with Crippen LogP contribution in [0.5, 0.6) is 0 Å². The Morgan fingerprint density at radius 2 is 1.79 bits per heavy atom. The monoisotopic (exact) mass is 261 g/mol. The molecule has 0 saturated heterocycles. The summed E-state index contributed by atoms with van der Waals surface area (Å²) in [5.74, 6) is 0. The van der Waals surface area contributed by atoms with E-state index < -0.39 is 0 Å². The van der Waals surface area contributed by atoms with E-state index in [1.165, 1.54) is 36.8 Å². The highest BCUT2D eigenvalue weighted by Gasteiger charge is 2.37. The summed E-state index contributed by atoms with van der Waals surface area (Å²) in [5.41, 5.74) is 9.12. The van der Waals surface area contributed by atoms with Crippen LogP contribution in [0, 0.1) is 6.92 Å². The van der Waals surface area contributed by atoms with Gasteiger partial charge in [-0.15, -0.1) is 0 Å². The minimum absolute atomic E-state index is 0.0942. The Hall–Kier alpha value is -0.860. The molecule has 0 aliphatic heterocycles. The fourth-order valence-electron chi connectivity index (χ4n) is 3.32. The van der Waals surface area contributed by atoms with Gasteiger partial charge in [0.05, 0.1) is 5.60 Å². The Bertz CT molecular complexity index is 394. The molecule has 0 aromatic heterocycles. The maximum absolute atomic E-state index is 6.54. The van der Waals surface area contributed by atoms with Crippen molar-refractivity contribution in [3.05, 3.63) is 35.4 Å². The number of benzene rings is 1. The first kappa shape index (κ1) is 14.5. The van der Waals surface area contributed by atoms with Crippen molar-refractivity contribution >= 4 is 0 Å². The highest BCUT2D eigenvalue weighted by atomic mass is 16.5. The molecule has 2 heteroatoms. The van der Waals surface area contributed by atoms with Gasteiger partial charge in [-0.3, -0.25) is 0 Å². The Kier molecular flexibility index (Phi) is 5.00. The summed E-state index contributed by atoms with van der Waals surface area (Å²) in [4.78, 5) is 0. The molecule has 106 valence electrons. The quantitative estimate of drug-likeness (QED) is 0.840. The summed E-state index contributed by atoms with van der Waals surface area (Å²) < 4.78 is 5.91. The van der Waals surface area contributed by atoms with Crippen molar-refractivity contribution in [3.8, 4) is 0 Å². The molecule has 2 nitrogen and oxygen atoms in total. The van der Waals surface area contributed by atoms with Gasteiger partial charge in [0, 0.05) is 13.2 Å². The lowest BCUT2D eigenvalue weighted by Gasteiger charge is -2.37. The lowest BCUT2D eigenvalue weighted by atomic mass is 9.82. The van der Waals surface area contributed by atoms with E-state index in [0.29, 0.717) is 0 Å². The van der Waals surface area contributed by atoms with Crippen LogP contribution in [-0.4, -0.2) is 18.8 Å². The topological polar surface area (TPSA) is 35.2 Å². The van der Waals surface area contributed by atoms with Crippen LogP contribution in [0.1, 0.15) is 49.7 Å². The van der Waals surface area contributed by atoms with Gasteiger partial charge < -0.3 is 10.5 Å². The van der Waals surface area contributed by atoms with E-state index in [1.807, 2.05) is 7.11 Å². The average molecular weight is 261 g/mol. The third-order valence-electron chi connectivity index (χ3n) is 4.73. The predicted octanol–water partition coefficient (Wildman–Crippen LogP) is 3.60. The minimum atomic E-state index is -0.112. The van der Waals surface area contributed by atoms with Crippen LogP contribution in [0.4, 0.5) is 0 Å². The number of hydrogen-bond donors (Lipinski definition) is 1. The molecular formula is C17H27NO. The van der Waals surface area contributed by atoms with Gasteiger partial charge in [-0.05, 0) is 37.3 Å². The third kappa shape index (κ3) is 3.37. The summed E-state index contributed by atoms with van der Waals surface area (Å²) in [6, 6.07) is 8.63. The average Bonchev–Trinajstić information content (AvgIpc) is 2.67. The fourth-order valence-corrected chi connectivity index (χ4v) is 3.32. The summed E-state index contributed by atoms with van der Waals surface area (Å²) in [6.45, 7) is 2.16. The van der Waals surface area contributed by atoms with Crippen LogP contribution in [0.3, 0.4) is 0 Å². The van der Waals surface area contributed by atoms with Crippen molar-refractivity contribution in [2.45, 2.75) is 63.5 Å². The number of nitrogens with two attached hydrogens (primary N) is 1. The van der Waals surface area contributed by atoms with Crippen molar-refractivity contribution in [3.63, 3.8) is 0 Å². The first-order chi connectivity index (χ1) is 9.18. The SMILES string of the molecule is COC1(C(N)Cc2ccccc2C)CCCCCC1. The standard InChI is InChI=1S/C17H27NO/c1-14-9-5-6-10-15(14)13-16(18)17(19-2)11-7-3-4-8-12-17/h5-6,9-10,16H,3-4,7-8,11-13,18H2,1-2H3. The molecule has 1 aliphatic carbocycles. The molecule has 1 atom stereocenters. The molecule has 0 amide bonds. The maximum atomic E-state index is 6.54. The first-order valence-electron chi connectivity index (χ1n) is 7.53. The van der Waals surface area contributed by atoms with E-state index >= 15 is 0 Å². The Balaban J connectivity index is 2.12. The number of aryl methyl sites for hydroxylation is 1. The maximum Gasteiger partial charge on any atom is 0.0832 e. The van der Waals surface area contributed by atoms with E-state index in [2.05, 4.69) is 31.2 Å². The zero-order valence-corrected chi connectivity index (χ0v) is 12.3. The highest BCUT2D eigenvalue weighted by molar-refractivity contribution is 5.27. The van der Waals surface area contributed by atoms with Crippen LogP contribution in [0.2, 0.25) is 0 Å². The van der Waals surface area contributed by atoms with Crippen molar-refractivity contribution < 1.29 is 4.74 Å². The van der Waals surface area contributed by atoms with Crippen LogP contribution in [0.25, 0.3) is 0 Å². The van der Waals surface area contributed by atoms with Gasteiger partial charge in [0.2, 0.25) is 0 Å². The van der Waals surface area contributed by atoms with Crippen molar-refractivity contribution in [1.82, 2.24) is 0 Å². The number of ether oxygens (including phenoxy) is 1. The van der Waals surface area contributed by atoms with E-state index in [1.54, 1.807) is 0 Å². The van der Waals surface area contributed by atoms with Crippen molar-refractivity contribution in [2.75, 3.05) is 7.11 Å². The molecule has 1 aromatic carbocycles. The Morgan fingerprint density at radius 1 is 1.16 bits per heavy atom. The van der Waals surface area contributed by atoms with Gasteiger partial charge in [0.15, 0.2) is 0 Å². The molecule has 2 rings (SSSR count). The van der Waals surface area contributed by atoms with Gasteiger partial charge in [0.25, 0.3) is 0 Å². The van der Waals surface area contributed by atoms with Gasteiger partial charge in [-0.25, -0.2) is 0 Å². The molecule has 1 fully saturated rings. The molecule has 19 heavy (non-hydrogen) atoms. The highest BCUT2D eigenvalue weighted by Crippen LogP contribution is 2.33. The molecule has 1 aromatic rings. The van der Waals surface area contributed by atoms with Crippen LogP contribution >= 0.6 is 0 Å². The lowest BCUT2D eigenvalue weighted by Crippen LogP contribution is -2.50. The van der Waals surface area contributed by atoms with E-state index in [-0.39, 0.29) is 11.6 Å². The fraction of sp³-hybridized carbons (Fsp3) is 0.647. The molecule has 0 heterocycles. The molecule has 0 spiro atoms. The smallest absolute Gasteiger partial charge is 0.0832 e. The van der Waals surface area contributed by atoms with Crippen molar-refractivity contribution in [2.24, 2.45) is 5.73 Å². The summed E-state index contributed by atoms with van der Waals surface area (Å²) in [5, 5.41) is 0. The Labute approximate surface area is 117 Å². The second-order valence-electron chi connectivity index (χ2n) is 5.92. The van der Waals surface area contributed by atoms with E-state index in [9.17, 15) is 0 Å². The summed E-state index contributed by atoms with van der Waals surface area (Å²) in [6.07, 6.45) is 8.27. The van der Waals surface area contributed by atoms with Crippen LogP contribution in [0.15, 0.2) is 24.3 Å². The predicted molar refractivity (Wildman–Crippen MR) is 80.3 cm³/mol. The third-order valence-corrected chi connectivity index (χ3v) is 4.73. The Morgan fingerprint density at radius 3 is 2.37 bits per heavy atom. The summed E-state index contributed by atoms with van der Waals surface area (Å²) in [7, 11) is 1.84. The molecule has 1 aliphatic rings. The summed E-state index contributed by atoms with van der Waals surface area (Å²) >= 11 is 0. The van der Waals surface area contributed by atoms with Gasteiger partial charge in [0.1, 0.15) is 0 Å². The van der Waals surface area contributed by atoms with E-state index in [0.717, 1.165) is 19.3 Å². The first-order valence-corrected chi connectivity index (χ1v) is 7.53. The van der Waals surface area contributed by atoms with Gasteiger partial charge >= 0.3 is 0 Å².